The Bertz CT molecular complexity index is 642. The second-order valence-electron chi connectivity index (χ2n) is 6.43. The van der Waals surface area contributed by atoms with Gasteiger partial charge in [0.05, 0.1) is 0 Å². The third kappa shape index (κ3) is 3.75. The quantitative estimate of drug-likeness (QED) is 0.899. The van der Waals surface area contributed by atoms with Crippen LogP contribution >= 0.6 is 0 Å². The van der Waals surface area contributed by atoms with Gasteiger partial charge in [0.25, 0.3) is 0 Å². The average molecular weight is 346 g/mol. The summed E-state index contributed by atoms with van der Waals surface area (Å²) < 4.78 is 5.29. The molecule has 134 valence electrons. The van der Waals surface area contributed by atoms with Crippen LogP contribution in [0.3, 0.4) is 0 Å². The van der Waals surface area contributed by atoms with Crippen molar-refractivity contribution < 1.29 is 24.2 Å². The number of carbonyl (C=O) groups excluding carboxylic acids is 2. The molecule has 2 atom stereocenters. The summed E-state index contributed by atoms with van der Waals surface area (Å²) in [6.45, 7) is 1.38. The number of carbonyl (C=O) groups is 3. The number of amides is 2. The van der Waals surface area contributed by atoms with Crippen LogP contribution in [0.25, 0.3) is 0 Å². The van der Waals surface area contributed by atoms with Crippen molar-refractivity contribution in [3.05, 3.63) is 35.9 Å². The summed E-state index contributed by atoms with van der Waals surface area (Å²) >= 11 is 0. The van der Waals surface area contributed by atoms with Crippen molar-refractivity contribution in [2.24, 2.45) is 0 Å². The Hall–Kier alpha value is -2.57. The third-order valence-corrected chi connectivity index (χ3v) is 4.79. The number of ether oxygens (including phenoxy) is 1. The van der Waals surface area contributed by atoms with Gasteiger partial charge in [0.1, 0.15) is 18.7 Å². The molecule has 0 bridgehead atoms. The second-order valence-corrected chi connectivity index (χ2v) is 6.43. The van der Waals surface area contributed by atoms with Crippen molar-refractivity contribution in [3.63, 3.8) is 0 Å². The van der Waals surface area contributed by atoms with Crippen molar-refractivity contribution in [1.82, 2.24) is 9.80 Å². The number of benzene rings is 1. The summed E-state index contributed by atoms with van der Waals surface area (Å²) in [6.07, 6.45) is 1.76. The van der Waals surface area contributed by atoms with E-state index in [4.69, 9.17) is 4.74 Å². The van der Waals surface area contributed by atoms with Gasteiger partial charge >= 0.3 is 12.1 Å². The van der Waals surface area contributed by atoms with Gasteiger partial charge in [-0.05, 0) is 31.2 Å². The number of rotatable bonds is 4. The zero-order valence-corrected chi connectivity index (χ0v) is 14.0. The largest absolute Gasteiger partial charge is 0.480 e. The molecule has 2 amide bonds. The highest BCUT2D eigenvalue weighted by Crippen LogP contribution is 2.28. The molecule has 0 aromatic heterocycles. The van der Waals surface area contributed by atoms with Crippen molar-refractivity contribution >= 4 is 18.0 Å². The van der Waals surface area contributed by atoms with Crippen LogP contribution in [-0.2, 0) is 20.9 Å². The highest BCUT2D eigenvalue weighted by Gasteiger charge is 2.46. The van der Waals surface area contributed by atoms with E-state index in [0.717, 1.165) is 23.3 Å². The first-order chi connectivity index (χ1) is 12.1. The molecule has 3 rings (SSSR count). The Balaban J connectivity index is 1.71. The van der Waals surface area contributed by atoms with Crippen molar-refractivity contribution in [2.75, 3.05) is 13.1 Å². The normalized spacial score (nSPS) is 22.9. The molecule has 25 heavy (non-hydrogen) atoms. The van der Waals surface area contributed by atoms with E-state index in [1.54, 1.807) is 4.90 Å². The van der Waals surface area contributed by atoms with Gasteiger partial charge in [-0.2, -0.15) is 0 Å². The standard InChI is InChI=1S/C18H22N2O5/c21-16(19-10-4-5-11-19)14-8-9-15(17(22)23)20(14)18(24)25-12-13-6-2-1-3-7-13/h1-3,6-7,14-15H,4-5,8-12H2,(H,22,23). The Morgan fingerprint density at radius 3 is 2.32 bits per heavy atom. The molecule has 7 nitrogen and oxygen atoms in total. The van der Waals surface area contributed by atoms with Crippen molar-refractivity contribution in [3.8, 4) is 0 Å². The SMILES string of the molecule is O=C(O)C1CCC(C(=O)N2CCCC2)N1C(=O)OCc1ccccc1. The first-order valence-corrected chi connectivity index (χ1v) is 8.58. The van der Waals surface area contributed by atoms with Crippen LogP contribution in [0.5, 0.6) is 0 Å². The summed E-state index contributed by atoms with van der Waals surface area (Å²) in [5, 5.41) is 9.41. The lowest BCUT2D eigenvalue weighted by atomic mass is 10.2. The minimum Gasteiger partial charge on any atom is -0.480 e. The van der Waals surface area contributed by atoms with Crippen molar-refractivity contribution in [1.29, 1.82) is 0 Å². The van der Waals surface area contributed by atoms with E-state index in [0.29, 0.717) is 19.5 Å². The predicted molar refractivity (Wildman–Crippen MR) is 88.7 cm³/mol. The molecular formula is C18H22N2O5. The zero-order chi connectivity index (χ0) is 17.8. The number of carboxylic acid groups (broad SMARTS) is 1. The van der Waals surface area contributed by atoms with Crippen LogP contribution < -0.4 is 0 Å². The number of likely N-dealkylation sites (tertiary alicyclic amines) is 2. The molecule has 2 saturated heterocycles. The Labute approximate surface area is 146 Å². The molecule has 1 N–H and O–H groups in total. The first kappa shape index (κ1) is 17.3. The van der Waals surface area contributed by atoms with E-state index >= 15 is 0 Å². The van der Waals surface area contributed by atoms with E-state index in [9.17, 15) is 19.5 Å². The lowest BCUT2D eigenvalue weighted by Gasteiger charge is -2.29. The fraction of sp³-hybridized carbons (Fsp3) is 0.500. The molecule has 2 fully saturated rings. The van der Waals surface area contributed by atoms with Gasteiger partial charge in [-0.15, -0.1) is 0 Å². The Kier molecular flexibility index (Phi) is 5.21. The highest BCUT2D eigenvalue weighted by atomic mass is 16.6. The predicted octanol–water partition coefficient (Wildman–Crippen LogP) is 1.86. The van der Waals surface area contributed by atoms with E-state index < -0.39 is 24.1 Å². The lowest BCUT2D eigenvalue weighted by Crippen LogP contribution is -2.51. The number of carboxylic acids is 1. The molecule has 0 saturated carbocycles. The average Bonchev–Trinajstić information content (AvgIpc) is 3.29. The highest BCUT2D eigenvalue weighted by molar-refractivity contribution is 5.90. The maximum atomic E-state index is 12.7. The zero-order valence-electron chi connectivity index (χ0n) is 14.0. The van der Waals surface area contributed by atoms with Gasteiger partial charge < -0.3 is 14.7 Å². The smallest absolute Gasteiger partial charge is 0.411 e. The third-order valence-electron chi connectivity index (χ3n) is 4.79. The van der Waals surface area contributed by atoms with Gasteiger partial charge in [-0.1, -0.05) is 30.3 Å². The first-order valence-electron chi connectivity index (χ1n) is 8.58. The lowest BCUT2D eigenvalue weighted by molar-refractivity contribution is -0.143. The number of nitrogens with zero attached hydrogens (tertiary/aromatic N) is 2. The van der Waals surface area contributed by atoms with Crippen LogP contribution in [0, 0.1) is 0 Å². The molecular weight excluding hydrogens is 324 g/mol. The molecule has 2 aliphatic heterocycles. The molecule has 2 unspecified atom stereocenters. The fourth-order valence-electron chi connectivity index (χ4n) is 3.49. The molecule has 7 heteroatoms. The van der Waals surface area contributed by atoms with Crippen LogP contribution in [-0.4, -0.2) is 58.0 Å². The topological polar surface area (TPSA) is 87.2 Å². The van der Waals surface area contributed by atoms with Crippen LogP contribution in [0.1, 0.15) is 31.2 Å². The molecule has 1 aromatic carbocycles. The molecule has 0 radical (unpaired) electrons. The van der Waals surface area contributed by atoms with Crippen molar-refractivity contribution in [2.45, 2.75) is 44.4 Å². The second kappa shape index (κ2) is 7.55. The molecule has 0 aliphatic carbocycles. The van der Waals surface area contributed by atoms with Crippen LogP contribution in [0.4, 0.5) is 4.79 Å². The molecule has 2 heterocycles. The Morgan fingerprint density at radius 2 is 1.68 bits per heavy atom. The van der Waals surface area contributed by atoms with Crippen LogP contribution in [0.15, 0.2) is 30.3 Å². The molecule has 1 aromatic rings. The van der Waals surface area contributed by atoms with E-state index in [1.807, 2.05) is 30.3 Å². The monoisotopic (exact) mass is 346 g/mol. The number of aliphatic carboxylic acids is 1. The van der Waals surface area contributed by atoms with Crippen LogP contribution in [0.2, 0.25) is 0 Å². The maximum absolute atomic E-state index is 12.7. The maximum Gasteiger partial charge on any atom is 0.411 e. The summed E-state index contributed by atoms with van der Waals surface area (Å²) in [5.41, 5.74) is 0.810. The molecule has 2 aliphatic rings. The minimum atomic E-state index is -1.10. The van der Waals surface area contributed by atoms with Gasteiger partial charge in [0.2, 0.25) is 5.91 Å². The van der Waals surface area contributed by atoms with Gasteiger partial charge in [-0.25, -0.2) is 9.59 Å². The summed E-state index contributed by atoms with van der Waals surface area (Å²) in [5.74, 6) is -1.27. The van der Waals surface area contributed by atoms with Gasteiger partial charge in [-0.3, -0.25) is 9.69 Å². The van der Waals surface area contributed by atoms with Gasteiger partial charge in [0, 0.05) is 13.1 Å². The van der Waals surface area contributed by atoms with Gasteiger partial charge in [0.15, 0.2) is 0 Å². The minimum absolute atomic E-state index is 0.0487. The van der Waals surface area contributed by atoms with E-state index in [-0.39, 0.29) is 18.9 Å². The summed E-state index contributed by atoms with van der Waals surface area (Å²) in [4.78, 5) is 39.6. The summed E-state index contributed by atoms with van der Waals surface area (Å²) in [6, 6.07) is 7.40. The van der Waals surface area contributed by atoms with E-state index in [1.165, 1.54) is 0 Å². The number of hydrogen-bond donors (Lipinski definition) is 1. The Morgan fingerprint density at radius 1 is 1.04 bits per heavy atom. The fourth-order valence-corrected chi connectivity index (χ4v) is 3.49. The molecule has 0 spiro atoms. The number of hydrogen-bond acceptors (Lipinski definition) is 4. The van der Waals surface area contributed by atoms with E-state index in [2.05, 4.69) is 0 Å². The summed E-state index contributed by atoms with van der Waals surface area (Å²) in [7, 11) is 0.